The fourth-order valence-electron chi connectivity index (χ4n) is 4.17. The minimum absolute atomic E-state index is 0.264. The fourth-order valence-corrected chi connectivity index (χ4v) is 5.03. The lowest BCUT2D eigenvalue weighted by molar-refractivity contribution is -0.121. The second-order valence-electron chi connectivity index (χ2n) is 8.16. The van der Waals surface area contributed by atoms with Crippen molar-refractivity contribution in [2.45, 2.75) is 44.8 Å². The van der Waals surface area contributed by atoms with Crippen LogP contribution in [-0.2, 0) is 14.8 Å². The molecule has 1 unspecified atom stereocenters. The summed E-state index contributed by atoms with van der Waals surface area (Å²) in [4.78, 5) is 13.1. The number of nitrogens with zero attached hydrogens (tertiary/aromatic N) is 1. The Labute approximate surface area is 195 Å². The number of hydrogen-bond donors (Lipinski definition) is 1. The molecule has 9 heteroatoms. The van der Waals surface area contributed by atoms with Crippen LogP contribution < -0.4 is 23.8 Å². The summed E-state index contributed by atoms with van der Waals surface area (Å²) in [5.41, 5.74) is 0.762. The average Bonchev–Trinajstić information content (AvgIpc) is 2.81. The Hall–Kier alpha value is -2.94. The molecule has 0 fully saturated rings. The molecule has 0 aromatic heterocycles. The number of rotatable bonds is 9. The van der Waals surface area contributed by atoms with E-state index in [1.165, 1.54) is 14.2 Å². The Bertz CT molecular complexity index is 1100. The summed E-state index contributed by atoms with van der Waals surface area (Å²) in [6, 6.07) is 12.1. The number of methoxy groups -OCH3 is 2. The van der Waals surface area contributed by atoms with Crippen molar-refractivity contribution in [3.05, 3.63) is 48.0 Å². The van der Waals surface area contributed by atoms with Gasteiger partial charge in [-0.1, -0.05) is 32.0 Å². The smallest absolute Gasteiger partial charge is 0.241 e. The molecule has 1 atom stereocenters. The lowest BCUT2D eigenvalue weighted by Gasteiger charge is -2.41. The number of nitrogens with one attached hydrogen (secondary N) is 1. The Kier molecular flexibility index (Phi) is 7.41. The van der Waals surface area contributed by atoms with E-state index in [9.17, 15) is 13.2 Å². The lowest BCUT2D eigenvalue weighted by Crippen LogP contribution is -2.47. The van der Waals surface area contributed by atoms with E-state index in [1.54, 1.807) is 18.2 Å². The molecule has 0 spiro atoms. The van der Waals surface area contributed by atoms with Gasteiger partial charge in [-0.05, 0) is 31.0 Å². The Morgan fingerprint density at radius 2 is 1.85 bits per heavy atom. The van der Waals surface area contributed by atoms with Crippen molar-refractivity contribution in [3.63, 3.8) is 0 Å². The van der Waals surface area contributed by atoms with E-state index < -0.39 is 15.9 Å². The maximum Gasteiger partial charge on any atom is 0.241 e. The molecule has 0 aliphatic carbocycles. The molecule has 0 radical (unpaired) electrons. The van der Waals surface area contributed by atoms with Gasteiger partial charge in [-0.2, -0.15) is 0 Å². The SMILES string of the molecule is CCC1(CC)CC(NC(=O)CN(c2ccc(OC)cc2OC)S(C)(=O)=O)c2ccccc2O1. The van der Waals surface area contributed by atoms with Crippen molar-refractivity contribution in [1.82, 2.24) is 5.32 Å². The molecule has 1 N–H and O–H groups in total. The second-order valence-corrected chi connectivity index (χ2v) is 10.1. The van der Waals surface area contributed by atoms with Crippen molar-refractivity contribution < 1.29 is 27.4 Å². The van der Waals surface area contributed by atoms with Crippen LogP contribution in [0.3, 0.4) is 0 Å². The van der Waals surface area contributed by atoms with E-state index in [4.69, 9.17) is 14.2 Å². The quantitative estimate of drug-likeness (QED) is 0.594. The molecule has 1 aliphatic rings. The van der Waals surface area contributed by atoms with Crippen LogP contribution in [0.25, 0.3) is 0 Å². The Balaban J connectivity index is 1.89. The fraction of sp³-hybridized carbons (Fsp3) is 0.458. The molecule has 1 heterocycles. The lowest BCUT2D eigenvalue weighted by atomic mass is 9.83. The van der Waals surface area contributed by atoms with Crippen LogP contribution in [0.5, 0.6) is 17.2 Å². The molecular formula is C24H32N2O6S. The van der Waals surface area contributed by atoms with Gasteiger partial charge >= 0.3 is 0 Å². The van der Waals surface area contributed by atoms with Gasteiger partial charge in [-0.3, -0.25) is 9.10 Å². The number of hydrogen-bond acceptors (Lipinski definition) is 6. The number of para-hydroxylation sites is 1. The van der Waals surface area contributed by atoms with Crippen LogP contribution in [0.15, 0.2) is 42.5 Å². The van der Waals surface area contributed by atoms with Crippen molar-refractivity contribution >= 4 is 21.6 Å². The van der Waals surface area contributed by atoms with Gasteiger partial charge in [0.15, 0.2) is 0 Å². The van der Waals surface area contributed by atoms with E-state index in [0.29, 0.717) is 17.9 Å². The first-order chi connectivity index (χ1) is 15.7. The molecule has 0 saturated heterocycles. The Morgan fingerprint density at radius 3 is 2.45 bits per heavy atom. The zero-order valence-electron chi connectivity index (χ0n) is 19.8. The molecule has 0 saturated carbocycles. The van der Waals surface area contributed by atoms with Crippen LogP contribution >= 0.6 is 0 Å². The molecule has 3 rings (SSSR count). The number of fused-ring (bicyclic) bond motifs is 1. The largest absolute Gasteiger partial charge is 0.497 e. The van der Waals surface area contributed by atoms with E-state index in [0.717, 1.165) is 34.7 Å². The molecule has 0 bridgehead atoms. The maximum absolute atomic E-state index is 13.1. The number of carbonyl (C=O) groups excluding carboxylic acids is 1. The van der Waals surface area contributed by atoms with E-state index >= 15 is 0 Å². The summed E-state index contributed by atoms with van der Waals surface area (Å²) in [6.07, 6.45) is 3.26. The van der Waals surface area contributed by atoms with Gasteiger partial charge in [0, 0.05) is 18.1 Å². The van der Waals surface area contributed by atoms with Gasteiger partial charge < -0.3 is 19.5 Å². The van der Waals surface area contributed by atoms with Gasteiger partial charge in [-0.15, -0.1) is 0 Å². The summed E-state index contributed by atoms with van der Waals surface area (Å²) in [7, 11) is -0.826. The predicted octanol–water partition coefficient (Wildman–Crippen LogP) is 3.67. The first-order valence-corrected chi connectivity index (χ1v) is 12.8. The number of anilines is 1. The second kappa shape index (κ2) is 9.91. The summed E-state index contributed by atoms with van der Waals surface area (Å²) >= 11 is 0. The van der Waals surface area contributed by atoms with Crippen LogP contribution in [0, 0.1) is 0 Å². The van der Waals surface area contributed by atoms with Gasteiger partial charge in [0.05, 0.1) is 32.2 Å². The van der Waals surface area contributed by atoms with Crippen molar-refractivity contribution in [3.8, 4) is 17.2 Å². The van der Waals surface area contributed by atoms with Crippen LogP contribution in [0.4, 0.5) is 5.69 Å². The maximum atomic E-state index is 13.1. The molecule has 8 nitrogen and oxygen atoms in total. The van der Waals surface area contributed by atoms with E-state index in [-0.39, 0.29) is 23.9 Å². The summed E-state index contributed by atoms with van der Waals surface area (Å²) in [5, 5.41) is 3.04. The highest BCUT2D eigenvalue weighted by atomic mass is 32.2. The highest BCUT2D eigenvalue weighted by Crippen LogP contribution is 2.42. The van der Waals surface area contributed by atoms with Gasteiger partial charge in [0.2, 0.25) is 15.9 Å². The highest BCUT2D eigenvalue weighted by Gasteiger charge is 2.39. The van der Waals surface area contributed by atoms with E-state index in [1.807, 2.05) is 24.3 Å². The monoisotopic (exact) mass is 476 g/mol. The molecular weight excluding hydrogens is 444 g/mol. The molecule has 180 valence electrons. The Morgan fingerprint density at radius 1 is 1.15 bits per heavy atom. The standard InChI is InChI=1S/C24H32N2O6S/c1-6-24(7-2)15-19(18-10-8-9-11-21(18)32-24)25-23(27)16-26(33(5,28)29)20-13-12-17(30-3)14-22(20)31-4/h8-14,19H,6-7,15-16H2,1-5H3,(H,25,27). The normalized spacial score (nSPS) is 16.8. The van der Waals surface area contributed by atoms with Crippen LogP contribution in [-0.4, -0.2) is 46.9 Å². The number of benzene rings is 2. The van der Waals surface area contributed by atoms with Crippen LogP contribution in [0.1, 0.15) is 44.7 Å². The average molecular weight is 477 g/mol. The number of amides is 1. The first kappa shape index (κ1) is 24.7. The zero-order valence-corrected chi connectivity index (χ0v) is 20.6. The summed E-state index contributed by atoms with van der Waals surface area (Å²) < 4.78 is 43.1. The number of carbonyl (C=O) groups is 1. The van der Waals surface area contributed by atoms with Crippen LogP contribution in [0.2, 0.25) is 0 Å². The molecule has 1 amide bonds. The van der Waals surface area contributed by atoms with Crippen molar-refractivity contribution in [2.24, 2.45) is 0 Å². The topological polar surface area (TPSA) is 94.2 Å². The minimum atomic E-state index is -3.77. The third kappa shape index (κ3) is 5.35. The van der Waals surface area contributed by atoms with Gasteiger partial charge in [0.1, 0.15) is 29.4 Å². The summed E-state index contributed by atoms with van der Waals surface area (Å²) in [5.74, 6) is 1.14. The van der Waals surface area contributed by atoms with E-state index in [2.05, 4.69) is 19.2 Å². The predicted molar refractivity (Wildman–Crippen MR) is 128 cm³/mol. The molecule has 33 heavy (non-hydrogen) atoms. The molecule has 1 aliphatic heterocycles. The third-order valence-corrected chi connectivity index (χ3v) is 7.29. The number of sulfonamides is 1. The van der Waals surface area contributed by atoms with Gasteiger partial charge in [-0.25, -0.2) is 8.42 Å². The number of ether oxygens (including phenoxy) is 3. The first-order valence-electron chi connectivity index (χ1n) is 10.9. The van der Waals surface area contributed by atoms with Crippen molar-refractivity contribution in [2.75, 3.05) is 31.3 Å². The zero-order chi connectivity index (χ0) is 24.2. The summed E-state index contributed by atoms with van der Waals surface area (Å²) in [6.45, 7) is 3.75. The highest BCUT2D eigenvalue weighted by molar-refractivity contribution is 7.92. The molecule has 2 aromatic carbocycles. The minimum Gasteiger partial charge on any atom is -0.497 e. The third-order valence-electron chi connectivity index (χ3n) is 6.16. The molecule has 2 aromatic rings. The van der Waals surface area contributed by atoms with Crippen molar-refractivity contribution in [1.29, 1.82) is 0 Å². The van der Waals surface area contributed by atoms with Gasteiger partial charge in [0.25, 0.3) is 0 Å².